The quantitative estimate of drug-likeness (QED) is 0.575. The average Bonchev–Trinajstić information content (AvgIpc) is 2.88. The highest BCUT2D eigenvalue weighted by atomic mass is 32.2. The van der Waals surface area contributed by atoms with Gasteiger partial charge in [-0.25, -0.2) is 18.4 Å². The zero-order valence-corrected chi connectivity index (χ0v) is 19.6. The van der Waals surface area contributed by atoms with Crippen molar-refractivity contribution in [1.29, 1.82) is 0 Å². The summed E-state index contributed by atoms with van der Waals surface area (Å²) in [6.45, 7) is 2.04. The first-order valence-corrected chi connectivity index (χ1v) is 12.8. The van der Waals surface area contributed by atoms with Gasteiger partial charge in [-0.15, -0.1) is 0 Å². The predicted octanol–water partition coefficient (Wildman–Crippen LogP) is 3.54. The van der Waals surface area contributed by atoms with Crippen molar-refractivity contribution >= 4 is 15.8 Å². The molecule has 7 nitrogen and oxygen atoms in total. The highest BCUT2D eigenvalue weighted by Gasteiger charge is 2.29. The third-order valence-electron chi connectivity index (χ3n) is 6.56. The van der Waals surface area contributed by atoms with E-state index < -0.39 is 10.0 Å². The van der Waals surface area contributed by atoms with Crippen LogP contribution in [0.2, 0.25) is 0 Å². The van der Waals surface area contributed by atoms with Gasteiger partial charge in [0.2, 0.25) is 10.0 Å². The Morgan fingerprint density at radius 1 is 0.848 bits per heavy atom. The van der Waals surface area contributed by atoms with Crippen LogP contribution < -0.4 is 9.64 Å². The summed E-state index contributed by atoms with van der Waals surface area (Å²) in [6.07, 6.45) is 5.89. The van der Waals surface area contributed by atoms with Gasteiger partial charge in [0.25, 0.3) is 0 Å². The van der Waals surface area contributed by atoms with Crippen LogP contribution >= 0.6 is 0 Å². The molecule has 0 unspecified atom stereocenters. The standard InChI is InChI=1S/C25H28N4O3S/c1-32-22-9-6-20(7-10-22)24-17-25(27-18-26-24)28-12-14-29(15-13-28)33(30,31)23-11-8-19-4-2-3-5-21(19)16-23/h6-11,16-18H,2-5,12-15H2,1H3. The van der Waals surface area contributed by atoms with Gasteiger partial charge < -0.3 is 9.64 Å². The summed E-state index contributed by atoms with van der Waals surface area (Å²) in [6, 6.07) is 15.4. The molecule has 172 valence electrons. The van der Waals surface area contributed by atoms with Crippen molar-refractivity contribution in [1.82, 2.24) is 14.3 Å². The zero-order chi connectivity index (χ0) is 22.8. The molecule has 2 heterocycles. The van der Waals surface area contributed by atoms with Gasteiger partial charge in [0.1, 0.15) is 17.9 Å². The summed E-state index contributed by atoms with van der Waals surface area (Å²) in [5.41, 5.74) is 4.29. The van der Waals surface area contributed by atoms with E-state index in [-0.39, 0.29) is 0 Å². The summed E-state index contributed by atoms with van der Waals surface area (Å²) in [7, 11) is -1.85. The molecular weight excluding hydrogens is 436 g/mol. The van der Waals surface area contributed by atoms with Gasteiger partial charge in [-0.1, -0.05) is 6.07 Å². The Balaban J connectivity index is 1.29. The molecule has 5 rings (SSSR count). The number of ether oxygens (including phenoxy) is 1. The molecule has 3 aromatic rings. The van der Waals surface area contributed by atoms with Crippen molar-refractivity contribution < 1.29 is 13.2 Å². The van der Waals surface area contributed by atoms with E-state index in [1.807, 2.05) is 42.5 Å². The third-order valence-corrected chi connectivity index (χ3v) is 8.45. The summed E-state index contributed by atoms with van der Waals surface area (Å²) in [5.74, 6) is 1.60. The summed E-state index contributed by atoms with van der Waals surface area (Å²) >= 11 is 0. The van der Waals surface area contributed by atoms with Crippen LogP contribution in [-0.2, 0) is 22.9 Å². The number of piperazine rings is 1. The zero-order valence-electron chi connectivity index (χ0n) is 18.8. The van der Waals surface area contributed by atoms with E-state index in [2.05, 4.69) is 14.9 Å². The molecule has 1 aliphatic heterocycles. The van der Waals surface area contributed by atoms with Crippen LogP contribution in [0.3, 0.4) is 0 Å². The highest BCUT2D eigenvalue weighted by molar-refractivity contribution is 7.89. The summed E-state index contributed by atoms with van der Waals surface area (Å²) < 4.78 is 33.4. The minimum absolute atomic E-state index is 0.417. The second-order valence-corrected chi connectivity index (χ2v) is 10.5. The second kappa shape index (κ2) is 9.11. The van der Waals surface area contributed by atoms with E-state index in [1.54, 1.807) is 23.8 Å². The fourth-order valence-electron chi connectivity index (χ4n) is 4.62. The van der Waals surface area contributed by atoms with E-state index in [0.717, 1.165) is 42.1 Å². The van der Waals surface area contributed by atoms with Gasteiger partial charge in [0, 0.05) is 37.8 Å². The number of methoxy groups -OCH3 is 1. The number of benzene rings is 2. The van der Waals surface area contributed by atoms with Crippen LogP contribution in [0.1, 0.15) is 24.0 Å². The van der Waals surface area contributed by atoms with Gasteiger partial charge in [-0.2, -0.15) is 4.31 Å². The summed E-state index contributed by atoms with van der Waals surface area (Å²) in [5, 5.41) is 0. The number of fused-ring (bicyclic) bond motifs is 1. The largest absolute Gasteiger partial charge is 0.497 e. The SMILES string of the molecule is COc1ccc(-c2cc(N3CCN(S(=O)(=O)c4ccc5c(c4)CCCC5)CC3)ncn2)cc1. The van der Waals surface area contributed by atoms with Crippen LogP contribution in [0, 0.1) is 0 Å². The number of aromatic nitrogens is 2. The molecule has 33 heavy (non-hydrogen) atoms. The van der Waals surface area contributed by atoms with Crippen LogP contribution in [0.25, 0.3) is 11.3 Å². The first kappa shape index (κ1) is 21.9. The van der Waals surface area contributed by atoms with Crippen LogP contribution in [0.4, 0.5) is 5.82 Å². The molecule has 0 radical (unpaired) electrons. The fraction of sp³-hybridized carbons (Fsp3) is 0.360. The lowest BCUT2D eigenvalue weighted by molar-refractivity contribution is 0.383. The van der Waals surface area contributed by atoms with Crippen molar-refractivity contribution in [3.63, 3.8) is 0 Å². The van der Waals surface area contributed by atoms with E-state index in [1.165, 1.54) is 17.5 Å². The maximum Gasteiger partial charge on any atom is 0.243 e. The number of aryl methyl sites for hydroxylation is 2. The lowest BCUT2D eigenvalue weighted by atomic mass is 9.92. The summed E-state index contributed by atoms with van der Waals surface area (Å²) in [4.78, 5) is 11.4. The van der Waals surface area contributed by atoms with E-state index in [9.17, 15) is 8.42 Å². The molecule has 0 spiro atoms. The van der Waals surface area contributed by atoms with Crippen LogP contribution in [0.15, 0.2) is 59.8 Å². The molecule has 2 aliphatic rings. The molecule has 8 heteroatoms. The van der Waals surface area contributed by atoms with Crippen molar-refractivity contribution in [2.45, 2.75) is 30.6 Å². The molecule has 0 saturated carbocycles. The third kappa shape index (κ3) is 4.45. The monoisotopic (exact) mass is 464 g/mol. The predicted molar refractivity (Wildman–Crippen MR) is 128 cm³/mol. The minimum atomic E-state index is -3.50. The van der Waals surface area contributed by atoms with Crippen LogP contribution in [0.5, 0.6) is 5.75 Å². The number of anilines is 1. The molecule has 1 aliphatic carbocycles. The highest BCUT2D eigenvalue weighted by Crippen LogP contribution is 2.27. The van der Waals surface area contributed by atoms with Crippen molar-refractivity contribution in [2.75, 3.05) is 38.2 Å². The number of hydrogen-bond donors (Lipinski definition) is 0. The van der Waals surface area contributed by atoms with E-state index >= 15 is 0 Å². The average molecular weight is 465 g/mol. The lowest BCUT2D eigenvalue weighted by Crippen LogP contribution is -2.49. The van der Waals surface area contributed by atoms with Gasteiger partial charge in [0.15, 0.2) is 0 Å². The van der Waals surface area contributed by atoms with Gasteiger partial charge in [-0.05, 0) is 73.2 Å². The molecule has 0 amide bonds. The number of nitrogens with zero attached hydrogens (tertiary/aromatic N) is 4. The van der Waals surface area contributed by atoms with Gasteiger partial charge >= 0.3 is 0 Å². The molecule has 1 saturated heterocycles. The first-order valence-electron chi connectivity index (χ1n) is 11.4. The maximum absolute atomic E-state index is 13.3. The number of rotatable bonds is 5. The Morgan fingerprint density at radius 2 is 1.58 bits per heavy atom. The Bertz CT molecular complexity index is 1240. The Labute approximate surface area is 195 Å². The molecule has 2 aromatic carbocycles. The van der Waals surface area contributed by atoms with E-state index in [4.69, 9.17) is 4.74 Å². The first-order chi connectivity index (χ1) is 16.0. The molecule has 0 N–H and O–H groups in total. The Kier molecular flexibility index (Phi) is 6.03. The van der Waals surface area contributed by atoms with Crippen molar-refractivity contribution in [2.24, 2.45) is 0 Å². The minimum Gasteiger partial charge on any atom is -0.497 e. The topological polar surface area (TPSA) is 75.6 Å². The fourth-order valence-corrected chi connectivity index (χ4v) is 6.09. The molecule has 1 aromatic heterocycles. The molecule has 0 bridgehead atoms. The van der Waals surface area contributed by atoms with E-state index in [0.29, 0.717) is 31.1 Å². The second-order valence-electron chi connectivity index (χ2n) is 8.52. The molecule has 0 atom stereocenters. The maximum atomic E-state index is 13.3. The van der Waals surface area contributed by atoms with Gasteiger partial charge in [-0.3, -0.25) is 0 Å². The van der Waals surface area contributed by atoms with Crippen LogP contribution in [-0.4, -0.2) is 56.0 Å². The lowest BCUT2D eigenvalue weighted by Gasteiger charge is -2.34. The Hall–Kier alpha value is -2.97. The van der Waals surface area contributed by atoms with Crippen molar-refractivity contribution in [3.05, 3.63) is 66.0 Å². The smallest absolute Gasteiger partial charge is 0.243 e. The normalized spacial score (nSPS) is 16.9. The number of sulfonamides is 1. The molecule has 1 fully saturated rings. The Morgan fingerprint density at radius 3 is 2.30 bits per heavy atom. The van der Waals surface area contributed by atoms with Gasteiger partial charge in [0.05, 0.1) is 17.7 Å². The molecular formula is C25H28N4O3S. The van der Waals surface area contributed by atoms with Crippen molar-refractivity contribution in [3.8, 4) is 17.0 Å². The number of hydrogen-bond acceptors (Lipinski definition) is 6.